The van der Waals surface area contributed by atoms with Crippen LogP contribution < -0.4 is 10.6 Å². The summed E-state index contributed by atoms with van der Waals surface area (Å²) in [4.78, 5) is 17.7. The largest absolute Gasteiger partial charge is 0.338 e. The number of rotatable bonds is 5. The van der Waals surface area contributed by atoms with Gasteiger partial charge in [-0.25, -0.2) is 4.98 Å². The fourth-order valence-electron chi connectivity index (χ4n) is 3.51. The highest BCUT2D eigenvalue weighted by molar-refractivity contribution is 6.07. The van der Waals surface area contributed by atoms with Gasteiger partial charge in [-0.2, -0.15) is 10.2 Å². The minimum Gasteiger partial charge on any atom is -0.338 e. The Labute approximate surface area is 184 Å². The highest BCUT2D eigenvalue weighted by Crippen LogP contribution is 2.30. The average molecular weight is 423 g/mol. The van der Waals surface area contributed by atoms with E-state index in [-0.39, 0.29) is 5.91 Å². The molecular formula is C24H21N7O. The SMILES string of the molecule is Cc1ccccc1Nc1ncc(-c2cnn(C)c2)cc1NC(=O)c1ccc2[nH]ncc2c1. The van der Waals surface area contributed by atoms with Gasteiger partial charge < -0.3 is 10.6 Å². The van der Waals surface area contributed by atoms with E-state index >= 15 is 0 Å². The van der Waals surface area contributed by atoms with E-state index in [0.29, 0.717) is 17.1 Å². The molecule has 1 amide bonds. The smallest absolute Gasteiger partial charge is 0.255 e. The molecule has 5 aromatic rings. The van der Waals surface area contributed by atoms with E-state index < -0.39 is 0 Å². The Morgan fingerprint density at radius 2 is 1.88 bits per heavy atom. The number of carbonyl (C=O) groups is 1. The molecule has 0 aliphatic heterocycles. The molecule has 0 spiro atoms. The molecule has 0 fully saturated rings. The third-order valence-corrected chi connectivity index (χ3v) is 5.27. The quantitative estimate of drug-likeness (QED) is 0.382. The standard InChI is InChI=1S/C24H21N7O/c1-15-5-3-4-6-20(15)28-23-22(10-17(11-25-23)19-13-27-31(2)14-19)29-24(32)16-7-8-21-18(9-16)12-26-30-21/h3-14H,1-2H3,(H,25,28)(H,26,30)(H,29,32). The summed E-state index contributed by atoms with van der Waals surface area (Å²) in [7, 11) is 1.86. The zero-order valence-electron chi connectivity index (χ0n) is 17.6. The maximum Gasteiger partial charge on any atom is 0.255 e. The van der Waals surface area contributed by atoms with Gasteiger partial charge in [-0.3, -0.25) is 14.6 Å². The zero-order valence-corrected chi connectivity index (χ0v) is 17.6. The number of aryl methyl sites for hydroxylation is 2. The molecular weight excluding hydrogens is 402 g/mol. The van der Waals surface area contributed by atoms with E-state index in [1.54, 1.807) is 35.4 Å². The number of aromatic nitrogens is 5. The topological polar surface area (TPSA) is 101 Å². The van der Waals surface area contributed by atoms with Gasteiger partial charge in [0.05, 0.1) is 23.6 Å². The van der Waals surface area contributed by atoms with Crippen molar-refractivity contribution < 1.29 is 4.79 Å². The lowest BCUT2D eigenvalue weighted by Gasteiger charge is -2.15. The molecule has 0 unspecified atom stereocenters. The number of carbonyl (C=O) groups excluding carboxylic acids is 1. The number of hydrogen-bond donors (Lipinski definition) is 3. The normalized spacial score (nSPS) is 10.9. The van der Waals surface area contributed by atoms with E-state index in [1.807, 2.05) is 56.6 Å². The number of benzene rings is 2. The molecule has 0 atom stereocenters. The van der Waals surface area contributed by atoms with Crippen LogP contribution in [0.4, 0.5) is 17.2 Å². The minimum absolute atomic E-state index is 0.230. The first-order valence-corrected chi connectivity index (χ1v) is 10.1. The summed E-state index contributed by atoms with van der Waals surface area (Å²) < 4.78 is 1.73. The van der Waals surface area contributed by atoms with Gasteiger partial charge in [-0.05, 0) is 42.8 Å². The monoisotopic (exact) mass is 423 g/mol. The highest BCUT2D eigenvalue weighted by Gasteiger charge is 2.14. The Kier molecular flexibility index (Phi) is 4.87. The second-order valence-electron chi connectivity index (χ2n) is 7.59. The first kappa shape index (κ1) is 19.5. The number of H-pyrrole nitrogens is 1. The minimum atomic E-state index is -0.230. The van der Waals surface area contributed by atoms with Gasteiger partial charge in [0.2, 0.25) is 0 Å². The number of fused-ring (bicyclic) bond motifs is 1. The predicted octanol–water partition coefficient (Wildman–Crippen LogP) is 4.66. The molecule has 2 aromatic carbocycles. The number of amides is 1. The molecule has 3 heterocycles. The van der Waals surface area contributed by atoms with Crippen molar-refractivity contribution in [1.29, 1.82) is 0 Å². The molecule has 0 saturated heterocycles. The van der Waals surface area contributed by atoms with Crippen LogP contribution in [0.2, 0.25) is 0 Å². The molecule has 5 rings (SSSR count). The highest BCUT2D eigenvalue weighted by atomic mass is 16.1. The average Bonchev–Trinajstić information content (AvgIpc) is 3.44. The van der Waals surface area contributed by atoms with Crippen molar-refractivity contribution in [2.24, 2.45) is 7.05 Å². The Morgan fingerprint density at radius 1 is 1.00 bits per heavy atom. The van der Waals surface area contributed by atoms with E-state index in [0.717, 1.165) is 33.3 Å². The van der Waals surface area contributed by atoms with Crippen molar-refractivity contribution in [3.63, 3.8) is 0 Å². The van der Waals surface area contributed by atoms with Crippen LogP contribution in [-0.4, -0.2) is 30.9 Å². The summed E-state index contributed by atoms with van der Waals surface area (Å²) in [6.07, 6.45) is 7.14. The van der Waals surface area contributed by atoms with E-state index in [2.05, 4.69) is 30.9 Å². The summed E-state index contributed by atoms with van der Waals surface area (Å²) in [5.41, 5.74) is 5.76. The molecule has 0 bridgehead atoms. The van der Waals surface area contributed by atoms with Crippen LogP contribution in [0.15, 0.2) is 73.3 Å². The second kappa shape index (κ2) is 7.99. The maximum atomic E-state index is 13.1. The molecule has 0 aliphatic carbocycles. The van der Waals surface area contributed by atoms with Gasteiger partial charge in [-0.1, -0.05) is 18.2 Å². The van der Waals surface area contributed by atoms with Gasteiger partial charge in [0.25, 0.3) is 5.91 Å². The molecule has 0 aliphatic rings. The van der Waals surface area contributed by atoms with Gasteiger partial charge in [0.1, 0.15) is 0 Å². The van der Waals surface area contributed by atoms with Crippen molar-refractivity contribution in [3.8, 4) is 11.1 Å². The molecule has 8 nitrogen and oxygen atoms in total. The number of hydrogen-bond acceptors (Lipinski definition) is 5. The van der Waals surface area contributed by atoms with Crippen molar-refractivity contribution in [2.75, 3.05) is 10.6 Å². The second-order valence-corrected chi connectivity index (χ2v) is 7.59. The van der Waals surface area contributed by atoms with Crippen LogP contribution in [0.1, 0.15) is 15.9 Å². The number of pyridine rings is 1. The summed E-state index contributed by atoms with van der Waals surface area (Å²) in [6, 6.07) is 15.2. The Balaban J connectivity index is 1.52. The van der Waals surface area contributed by atoms with Crippen LogP contribution in [0.5, 0.6) is 0 Å². The number of para-hydroxylation sites is 1. The molecule has 158 valence electrons. The lowest BCUT2D eigenvalue weighted by molar-refractivity contribution is 0.102. The molecule has 3 N–H and O–H groups in total. The van der Waals surface area contributed by atoms with Crippen LogP contribution in [0.3, 0.4) is 0 Å². The Bertz CT molecular complexity index is 1430. The van der Waals surface area contributed by atoms with Gasteiger partial charge in [0.15, 0.2) is 5.82 Å². The number of anilines is 3. The summed E-state index contributed by atoms with van der Waals surface area (Å²) in [6.45, 7) is 2.02. The number of aromatic amines is 1. The molecule has 32 heavy (non-hydrogen) atoms. The summed E-state index contributed by atoms with van der Waals surface area (Å²) in [5, 5.41) is 18.4. The van der Waals surface area contributed by atoms with E-state index in [4.69, 9.17) is 0 Å². The molecule has 8 heteroatoms. The fourth-order valence-corrected chi connectivity index (χ4v) is 3.51. The van der Waals surface area contributed by atoms with Crippen molar-refractivity contribution in [1.82, 2.24) is 25.0 Å². The number of nitrogens with zero attached hydrogens (tertiary/aromatic N) is 4. The third-order valence-electron chi connectivity index (χ3n) is 5.27. The lowest BCUT2D eigenvalue weighted by atomic mass is 10.1. The lowest BCUT2D eigenvalue weighted by Crippen LogP contribution is -2.14. The first-order valence-electron chi connectivity index (χ1n) is 10.1. The van der Waals surface area contributed by atoms with Gasteiger partial charge in [-0.15, -0.1) is 0 Å². The van der Waals surface area contributed by atoms with E-state index in [1.165, 1.54) is 0 Å². The van der Waals surface area contributed by atoms with Crippen LogP contribution >= 0.6 is 0 Å². The predicted molar refractivity (Wildman–Crippen MR) is 125 cm³/mol. The summed E-state index contributed by atoms with van der Waals surface area (Å²) in [5.74, 6) is 0.329. The van der Waals surface area contributed by atoms with Gasteiger partial charge in [0, 0.05) is 47.2 Å². The van der Waals surface area contributed by atoms with Crippen LogP contribution in [-0.2, 0) is 7.05 Å². The van der Waals surface area contributed by atoms with Crippen molar-refractivity contribution in [2.45, 2.75) is 6.92 Å². The Morgan fingerprint density at radius 3 is 2.69 bits per heavy atom. The van der Waals surface area contributed by atoms with Crippen LogP contribution in [0.25, 0.3) is 22.0 Å². The molecule has 0 radical (unpaired) electrons. The molecule has 3 aromatic heterocycles. The maximum absolute atomic E-state index is 13.1. The Hall–Kier alpha value is -4.46. The fraction of sp³-hybridized carbons (Fsp3) is 0.0833. The van der Waals surface area contributed by atoms with Crippen molar-refractivity contribution >= 4 is 34.0 Å². The van der Waals surface area contributed by atoms with Crippen molar-refractivity contribution in [3.05, 3.63) is 84.4 Å². The van der Waals surface area contributed by atoms with Gasteiger partial charge >= 0.3 is 0 Å². The number of nitrogens with one attached hydrogen (secondary N) is 3. The third kappa shape index (κ3) is 3.81. The molecule has 0 saturated carbocycles. The zero-order chi connectivity index (χ0) is 22.1. The summed E-state index contributed by atoms with van der Waals surface area (Å²) >= 11 is 0. The van der Waals surface area contributed by atoms with E-state index in [9.17, 15) is 4.79 Å². The first-order chi connectivity index (χ1) is 15.6. The van der Waals surface area contributed by atoms with Crippen LogP contribution in [0, 0.1) is 6.92 Å².